The molecule has 4 atom stereocenters. The summed E-state index contributed by atoms with van der Waals surface area (Å²) in [6, 6.07) is 8.55. The number of likely N-dealkylation sites (tertiary alicyclic amines) is 1. The van der Waals surface area contributed by atoms with Crippen LogP contribution in [0.5, 0.6) is 5.75 Å². The standard InChI is InChI=1S/C36H43N7O5/c1-8-28(44)40(5)25-16-23-19-43(31(25)29(23)39-35(46)48-36(2,3)4)34(45)22-14-24-30(27(17-22)47-7)41(6)33(38-24)26-15-21-10-9-13-37-32(21)42(26)18-20-11-12-20/h8-10,13-15,17,20,23,25,29,31H,1,11-12,16,18-19H2,2-7H3,(H,39,46)/t23-,25+,29-,31-/m1/s1. The van der Waals surface area contributed by atoms with Crippen molar-refractivity contribution >= 4 is 40.0 Å². The van der Waals surface area contributed by atoms with E-state index in [-0.39, 0.29) is 29.8 Å². The van der Waals surface area contributed by atoms with Crippen LogP contribution in [0.3, 0.4) is 0 Å². The largest absolute Gasteiger partial charge is 0.494 e. The van der Waals surface area contributed by atoms with Gasteiger partial charge in [-0.05, 0) is 82.4 Å². The first-order chi connectivity index (χ1) is 22.9. The Balaban J connectivity index is 1.26. The fourth-order valence-corrected chi connectivity index (χ4v) is 7.64. The van der Waals surface area contributed by atoms with E-state index in [0.29, 0.717) is 35.7 Å². The predicted molar refractivity (Wildman–Crippen MR) is 182 cm³/mol. The molecule has 0 unspecified atom stereocenters. The summed E-state index contributed by atoms with van der Waals surface area (Å²) in [6.07, 6.45) is 5.59. The molecule has 4 heterocycles. The number of nitrogens with one attached hydrogen (secondary N) is 1. The van der Waals surface area contributed by atoms with E-state index in [2.05, 4.69) is 33.6 Å². The lowest BCUT2D eigenvalue weighted by atomic mass is 10.0. The van der Waals surface area contributed by atoms with Crippen LogP contribution in [-0.4, -0.2) is 91.2 Å². The summed E-state index contributed by atoms with van der Waals surface area (Å²) in [5.74, 6) is 1.40. The van der Waals surface area contributed by atoms with Crippen molar-refractivity contribution in [2.75, 3.05) is 20.7 Å². The van der Waals surface area contributed by atoms with Crippen LogP contribution in [-0.2, 0) is 23.1 Å². The number of ether oxygens (including phenoxy) is 2. The van der Waals surface area contributed by atoms with Crippen LogP contribution in [0.1, 0.15) is 50.4 Å². The van der Waals surface area contributed by atoms with Crippen molar-refractivity contribution in [2.45, 2.75) is 70.3 Å². The molecule has 1 aromatic carbocycles. The molecule has 0 radical (unpaired) electrons. The molecule has 2 aliphatic carbocycles. The Hall–Kier alpha value is -4.87. The van der Waals surface area contributed by atoms with E-state index in [0.717, 1.165) is 34.6 Å². The van der Waals surface area contributed by atoms with Gasteiger partial charge in [0.1, 0.15) is 22.5 Å². The minimum absolute atomic E-state index is 0.0643. The molecule has 2 bridgehead atoms. The maximum atomic E-state index is 14.4. The van der Waals surface area contributed by atoms with Gasteiger partial charge in [-0.3, -0.25) is 9.59 Å². The van der Waals surface area contributed by atoms with Crippen LogP contribution in [0.25, 0.3) is 33.6 Å². The molecule has 12 heteroatoms. The van der Waals surface area contributed by atoms with Crippen molar-refractivity contribution in [1.29, 1.82) is 0 Å². The number of rotatable bonds is 8. The molecule has 7 rings (SSSR count). The van der Waals surface area contributed by atoms with Crippen LogP contribution in [0.2, 0.25) is 0 Å². The van der Waals surface area contributed by atoms with Gasteiger partial charge in [-0.25, -0.2) is 14.8 Å². The summed E-state index contributed by atoms with van der Waals surface area (Å²) < 4.78 is 15.7. The second kappa shape index (κ2) is 11.7. The molecule has 4 aromatic rings. The Morgan fingerprint density at radius 3 is 2.65 bits per heavy atom. The zero-order valence-corrected chi connectivity index (χ0v) is 28.4. The SMILES string of the molecule is C=CC(=O)N(C)[C@H]1C[C@@H]2CN(C(=O)c3cc(OC)c4c(c3)nc(-c3cc5cccnc5n3CC3CC3)n4C)[C@H]1[C@@H]2NC(=O)OC(C)(C)C. The van der Waals surface area contributed by atoms with Gasteiger partial charge in [0, 0.05) is 50.2 Å². The first kappa shape index (κ1) is 31.7. The van der Waals surface area contributed by atoms with Crippen molar-refractivity contribution in [2.24, 2.45) is 18.9 Å². The number of hydrogen-bond donors (Lipinski definition) is 1. The van der Waals surface area contributed by atoms with Crippen molar-refractivity contribution in [3.8, 4) is 17.3 Å². The van der Waals surface area contributed by atoms with Gasteiger partial charge < -0.3 is 33.7 Å². The third-order valence-electron chi connectivity index (χ3n) is 9.99. The average molecular weight is 654 g/mol. The molecule has 2 saturated carbocycles. The number of carbonyl (C=O) groups excluding carboxylic acids is 3. The van der Waals surface area contributed by atoms with Gasteiger partial charge in [-0.15, -0.1) is 0 Å². The molecule has 1 N–H and O–H groups in total. The second-order valence-corrected chi connectivity index (χ2v) is 14.4. The van der Waals surface area contributed by atoms with Gasteiger partial charge in [-0.2, -0.15) is 0 Å². The van der Waals surface area contributed by atoms with E-state index in [1.54, 1.807) is 50.8 Å². The Morgan fingerprint density at radius 2 is 1.96 bits per heavy atom. The number of hydrogen-bond acceptors (Lipinski definition) is 7. The van der Waals surface area contributed by atoms with Crippen molar-refractivity contribution in [3.05, 3.63) is 54.7 Å². The zero-order valence-electron chi connectivity index (χ0n) is 28.4. The van der Waals surface area contributed by atoms with E-state index in [1.807, 2.05) is 29.9 Å². The molecule has 252 valence electrons. The number of imidazole rings is 1. The smallest absolute Gasteiger partial charge is 0.407 e. The molecule has 12 nitrogen and oxygen atoms in total. The highest BCUT2D eigenvalue weighted by molar-refractivity contribution is 6.01. The summed E-state index contributed by atoms with van der Waals surface area (Å²) in [4.78, 5) is 53.2. The number of fused-ring (bicyclic) bond motifs is 4. The molecule has 3 aliphatic rings. The number of methoxy groups -OCH3 is 1. The molecule has 3 aromatic heterocycles. The quantitative estimate of drug-likeness (QED) is 0.272. The van der Waals surface area contributed by atoms with Crippen molar-refractivity contribution < 1.29 is 23.9 Å². The number of alkyl carbamates (subject to hydrolysis) is 1. The van der Waals surface area contributed by atoms with Gasteiger partial charge in [0.15, 0.2) is 5.82 Å². The van der Waals surface area contributed by atoms with E-state index >= 15 is 0 Å². The Morgan fingerprint density at radius 1 is 1.19 bits per heavy atom. The van der Waals surface area contributed by atoms with Crippen molar-refractivity contribution in [1.82, 2.24) is 34.2 Å². The highest BCUT2D eigenvalue weighted by atomic mass is 16.6. The van der Waals surface area contributed by atoms with E-state index in [4.69, 9.17) is 14.5 Å². The van der Waals surface area contributed by atoms with Crippen molar-refractivity contribution in [3.63, 3.8) is 0 Å². The molecule has 48 heavy (non-hydrogen) atoms. The van der Waals surface area contributed by atoms with Gasteiger partial charge in [-0.1, -0.05) is 6.58 Å². The van der Waals surface area contributed by atoms with Crippen LogP contribution < -0.4 is 10.1 Å². The van der Waals surface area contributed by atoms with Gasteiger partial charge >= 0.3 is 6.09 Å². The summed E-state index contributed by atoms with van der Waals surface area (Å²) in [7, 11) is 5.27. The molecular weight excluding hydrogens is 610 g/mol. The van der Waals surface area contributed by atoms with Gasteiger partial charge in [0.2, 0.25) is 5.91 Å². The monoisotopic (exact) mass is 653 g/mol. The van der Waals surface area contributed by atoms with Crippen LogP contribution in [0, 0.1) is 11.8 Å². The minimum atomic E-state index is -0.678. The average Bonchev–Trinajstić information content (AvgIpc) is 3.43. The Bertz CT molecular complexity index is 1950. The summed E-state index contributed by atoms with van der Waals surface area (Å²) >= 11 is 0. The van der Waals surface area contributed by atoms with Crippen LogP contribution in [0.15, 0.2) is 49.2 Å². The summed E-state index contributed by atoms with van der Waals surface area (Å²) in [5.41, 5.74) is 3.06. The number of piperidine rings is 1. The van der Waals surface area contributed by atoms with Gasteiger partial charge in [0.05, 0.1) is 36.4 Å². The number of pyridine rings is 1. The third kappa shape index (κ3) is 5.46. The predicted octanol–water partition coefficient (Wildman–Crippen LogP) is 4.76. The molecular formula is C36H43N7O5. The summed E-state index contributed by atoms with van der Waals surface area (Å²) in [6.45, 7) is 10.4. The Labute approximate surface area is 279 Å². The fraction of sp³-hybridized carbons (Fsp3) is 0.472. The number of nitrogens with zero attached hydrogens (tertiary/aromatic N) is 6. The topological polar surface area (TPSA) is 124 Å². The minimum Gasteiger partial charge on any atom is -0.494 e. The van der Waals surface area contributed by atoms with Crippen LogP contribution in [0.4, 0.5) is 4.79 Å². The highest BCUT2D eigenvalue weighted by Gasteiger charge is 2.56. The first-order valence-electron chi connectivity index (χ1n) is 16.6. The maximum absolute atomic E-state index is 14.4. The molecule has 3 amide bonds. The lowest BCUT2D eigenvalue weighted by Gasteiger charge is -2.38. The lowest BCUT2D eigenvalue weighted by molar-refractivity contribution is -0.127. The second-order valence-electron chi connectivity index (χ2n) is 14.4. The molecule has 3 fully saturated rings. The van der Waals surface area contributed by atoms with Crippen LogP contribution >= 0.6 is 0 Å². The van der Waals surface area contributed by atoms with E-state index in [9.17, 15) is 14.4 Å². The third-order valence-corrected chi connectivity index (χ3v) is 9.99. The number of amides is 3. The lowest BCUT2D eigenvalue weighted by Crippen LogP contribution is -2.56. The highest BCUT2D eigenvalue weighted by Crippen LogP contribution is 2.43. The number of aromatic nitrogens is 4. The first-order valence-corrected chi connectivity index (χ1v) is 16.6. The molecule has 1 aliphatic heterocycles. The molecule has 1 saturated heterocycles. The fourth-order valence-electron chi connectivity index (χ4n) is 7.64. The van der Waals surface area contributed by atoms with E-state index < -0.39 is 17.7 Å². The number of likely N-dealkylation sites (N-methyl/N-ethyl adjacent to an activating group) is 1. The van der Waals surface area contributed by atoms with E-state index in [1.165, 1.54) is 18.9 Å². The zero-order chi connectivity index (χ0) is 34.1. The maximum Gasteiger partial charge on any atom is 0.407 e. The number of aryl methyl sites for hydroxylation is 1. The normalized spacial score (nSPS) is 21.9. The number of carbonyl (C=O) groups is 3. The Kier molecular flexibility index (Phi) is 7.71. The summed E-state index contributed by atoms with van der Waals surface area (Å²) in [5, 5.41) is 4.08. The number of benzene rings is 1. The van der Waals surface area contributed by atoms with Gasteiger partial charge in [0.25, 0.3) is 5.91 Å². The molecule has 0 spiro atoms.